The van der Waals surface area contributed by atoms with Crippen molar-refractivity contribution in [3.05, 3.63) is 59.1 Å². The van der Waals surface area contributed by atoms with Crippen LogP contribution in [0.2, 0.25) is 5.02 Å². The monoisotopic (exact) mass is 316 g/mol. The molecule has 4 nitrogen and oxygen atoms in total. The first kappa shape index (κ1) is 14.9. The van der Waals surface area contributed by atoms with Crippen LogP contribution in [0.3, 0.4) is 0 Å². The smallest absolute Gasteiger partial charge is 0.255 e. The predicted octanol–water partition coefficient (Wildman–Crippen LogP) is 3.43. The van der Waals surface area contributed by atoms with Crippen molar-refractivity contribution in [2.24, 2.45) is 0 Å². The number of nitrogens with one attached hydrogen (secondary N) is 1. The summed E-state index contributed by atoms with van der Waals surface area (Å²) in [5, 5.41) is 3.44. The van der Waals surface area contributed by atoms with Crippen LogP contribution >= 0.6 is 11.6 Å². The van der Waals surface area contributed by atoms with Crippen molar-refractivity contribution >= 4 is 28.9 Å². The number of benzene rings is 2. The molecule has 1 fully saturated rings. The van der Waals surface area contributed by atoms with E-state index in [1.165, 1.54) is 0 Å². The van der Waals surface area contributed by atoms with Crippen molar-refractivity contribution in [1.29, 1.82) is 0 Å². The number of ether oxygens (including phenoxy) is 1. The molecule has 5 heteroatoms. The molecule has 1 amide bonds. The lowest BCUT2D eigenvalue weighted by atomic mass is 10.1. The zero-order chi connectivity index (χ0) is 15.4. The predicted molar refractivity (Wildman–Crippen MR) is 88.9 cm³/mol. The van der Waals surface area contributed by atoms with Gasteiger partial charge in [0.05, 0.1) is 13.2 Å². The molecule has 1 heterocycles. The van der Waals surface area contributed by atoms with Gasteiger partial charge in [0, 0.05) is 35.1 Å². The maximum Gasteiger partial charge on any atom is 0.255 e. The van der Waals surface area contributed by atoms with Gasteiger partial charge in [-0.25, -0.2) is 0 Å². The second-order valence-corrected chi connectivity index (χ2v) is 5.55. The molecular formula is C17H17ClN2O2. The molecule has 0 bridgehead atoms. The molecule has 2 aromatic rings. The number of carbonyl (C=O) groups excluding carboxylic acids is 1. The lowest BCUT2D eigenvalue weighted by Gasteiger charge is -2.28. The van der Waals surface area contributed by atoms with E-state index in [9.17, 15) is 4.79 Å². The summed E-state index contributed by atoms with van der Waals surface area (Å²) in [7, 11) is 0. The van der Waals surface area contributed by atoms with Crippen molar-refractivity contribution in [2.75, 3.05) is 36.5 Å². The van der Waals surface area contributed by atoms with Crippen LogP contribution < -0.4 is 10.2 Å². The minimum absolute atomic E-state index is 0.143. The fraction of sp³-hybridized carbons (Fsp3) is 0.235. The third-order valence-corrected chi connectivity index (χ3v) is 3.82. The summed E-state index contributed by atoms with van der Waals surface area (Å²) in [6.07, 6.45) is 0. The topological polar surface area (TPSA) is 41.6 Å². The Hall–Kier alpha value is -2.04. The van der Waals surface area contributed by atoms with Gasteiger partial charge >= 0.3 is 0 Å². The fourth-order valence-corrected chi connectivity index (χ4v) is 2.60. The Morgan fingerprint density at radius 2 is 1.82 bits per heavy atom. The van der Waals surface area contributed by atoms with E-state index in [0.29, 0.717) is 16.3 Å². The molecule has 0 spiro atoms. The average Bonchev–Trinajstić information content (AvgIpc) is 2.56. The van der Waals surface area contributed by atoms with Gasteiger partial charge in [-0.15, -0.1) is 0 Å². The van der Waals surface area contributed by atoms with Gasteiger partial charge in [-0.05, 0) is 42.5 Å². The summed E-state index contributed by atoms with van der Waals surface area (Å²) in [5.41, 5.74) is 2.43. The van der Waals surface area contributed by atoms with E-state index in [0.717, 1.165) is 32.0 Å². The van der Waals surface area contributed by atoms with Gasteiger partial charge in [0.15, 0.2) is 0 Å². The van der Waals surface area contributed by atoms with Crippen LogP contribution in [0.5, 0.6) is 0 Å². The quantitative estimate of drug-likeness (QED) is 0.943. The van der Waals surface area contributed by atoms with Crippen LogP contribution in [-0.2, 0) is 4.74 Å². The molecule has 114 valence electrons. The number of hydrogen-bond acceptors (Lipinski definition) is 3. The number of anilines is 2. The zero-order valence-electron chi connectivity index (χ0n) is 12.1. The molecule has 0 saturated carbocycles. The molecule has 1 aliphatic heterocycles. The summed E-state index contributed by atoms with van der Waals surface area (Å²) in [6.45, 7) is 3.26. The second kappa shape index (κ2) is 6.81. The van der Waals surface area contributed by atoms with Crippen molar-refractivity contribution in [1.82, 2.24) is 0 Å². The zero-order valence-corrected chi connectivity index (χ0v) is 12.8. The Bertz CT molecular complexity index is 652. The first-order valence-electron chi connectivity index (χ1n) is 7.22. The Balaban J connectivity index is 1.68. The van der Waals surface area contributed by atoms with E-state index >= 15 is 0 Å². The Morgan fingerprint density at radius 1 is 1.09 bits per heavy atom. The molecule has 1 aliphatic rings. The highest BCUT2D eigenvalue weighted by molar-refractivity contribution is 6.30. The van der Waals surface area contributed by atoms with E-state index in [-0.39, 0.29) is 5.91 Å². The molecule has 0 aromatic heterocycles. The van der Waals surface area contributed by atoms with Crippen molar-refractivity contribution in [3.8, 4) is 0 Å². The molecule has 0 radical (unpaired) electrons. The lowest BCUT2D eigenvalue weighted by Crippen LogP contribution is -2.36. The van der Waals surface area contributed by atoms with Gasteiger partial charge in [0.2, 0.25) is 0 Å². The molecule has 1 saturated heterocycles. The summed E-state index contributed by atoms with van der Waals surface area (Å²) >= 11 is 5.91. The Labute approximate surface area is 134 Å². The minimum atomic E-state index is -0.143. The Kier molecular flexibility index (Phi) is 4.61. The molecule has 3 rings (SSSR count). The molecule has 0 aliphatic carbocycles. The number of halogens is 1. The van der Waals surface area contributed by atoms with Crippen molar-refractivity contribution < 1.29 is 9.53 Å². The summed E-state index contributed by atoms with van der Waals surface area (Å²) in [6, 6.07) is 14.7. The highest BCUT2D eigenvalue weighted by Gasteiger charge is 2.12. The normalized spacial score (nSPS) is 14.7. The van der Waals surface area contributed by atoms with Gasteiger partial charge in [0.1, 0.15) is 0 Å². The minimum Gasteiger partial charge on any atom is -0.378 e. The van der Waals surface area contributed by atoms with Gasteiger partial charge in [0.25, 0.3) is 5.91 Å². The van der Waals surface area contributed by atoms with E-state index in [2.05, 4.69) is 10.2 Å². The van der Waals surface area contributed by atoms with Gasteiger partial charge in [-0.2, -0.15) is 0 Å². The summed E-state index contributed by atoms with van der Waals surface area (Å²) in [4.78, 5) is 14.5. The Morgan fingerprint density at radius 3 is 2.50 bits per heavy atom. The number of hydrogen-bond donors (Lipinski definition) is 1. The van der Waals surface area contributed by atoms with Crippen LogP contribution in [-0.4, -0.2) is 32.2 Å². The number of amides is 1. The SMILES string of the molecule is O=C(Nc1cccc(Cl)c1)c1ccc(N2CCOCC2)cc1. The molecule has 1 N–H and O–H groups in total. The first-order valence-corrected chi connectivity index (χ1v) is 7.60. The second-order valence-electron chi connectivity index (χ2n) is 5.11. The van der Waals surface area contributed by atoms with Crippen LogP contribution in [0, 0.1) is 0 Å². The van der Waals surface area contributed by atoms with Gasteiger partial charge in [-0.1, -0.05) is 17.7 Å². The van der Waals surface area contributed by atoms with Crippen molar-refractivity contribution in [2.45, 2.75) is 0 Å². The summed E-state index contributed by atoms with van der Waals surface area (Å²) < 4.78 is 5.34. The van der Waals surface area contributed by atoms with Crippen molar-refractivity contribution in [3.63, 3.8) is 0 Å². The van der Waals surface area contributed by atoms with E-state index in [4.69, 9.17) is 16.3 Å². The largest absolute Gasteiger partial charge is 0.378 e. The average molecular weight is 317 g/mol. The standard InChI is InChI=1S/C17H17ClN2O2/c18-14-2-1-3-15(12-14)19-17(21)13-4-6-16(7-5-13)20-8-10-22-11-9-20/h1-7,12H,8-11H2,(H,19,21). The highest BCUT2D eigenvalue weighted by Crippen LogP contribution is 2.19. The van der Waals surface area contributed by atoms with Crippen LogP contribution in [0.15, 0.2) is 48.5 Å². The molecule has 0 unspecified atom stereocenters. The molecule has 0 atom stereocenters. The van der Waals surface area contributed by atoms with E-state index in [1.807, 2.05) is 30.3 Å². The molecule has 22 heavy (non-hydrogen) atoms. The number of nitrogens with zero attached hydrogens (tertiary/aromatic N) is 1. The molecular weight excluding hydrogens is 300 g/mol. The highest BCUT2D eigenvalue weighted by atomic mass is 35.5. The lowest BCUT2D eigenvalue weighted by molar-refractivity contribution is 0.102. The fourth-order valence-electron chi connectivity index (χ4n) is 2.41. The van der Waals surface area contributed by atoms with Gasteiger partial charge < -0.3 is 15.0 Å². The van der Waals surface area contributed by atoms with Crippen LogP contribution in [0.4, 0.5) is 11.4 Å². The van der Waals surface area contributed by atoms with E-state index < -0.39 is 0 Å². The summed E-state index contributed by atoms with van der Waals surface area (Å²) in [5.74, 6) is -0.143. The number of rotatable bonds is 3. The van der Waals surface area contributed by atoms with Gasteiger partial charge in [-0.3, -0.25) is 4.79 Å². The van der Waals surface area contributed by atoms with Crippen LogP contribution in [0.25, 0.3) is 0 Å². The molecule has 2 aromatic carbocycles. The van der Waals surface area contributed by atoms with Crippen LogP contribution in [0.1, 0.15) is 10.4 Å². The number of carbonyl (C=O) groups is 1. The maximum atomic E-state index is 12.2. The number of morpholine rings is 1. The van der Waals surface area contributed by atoms with E-state index in [1.54, 1.807) is 18.2 Å². The third kappa shape index (κ3) is 3.59. The maximum absolute atomic E-state index is 12.2. The first-order chi connectivity index (χ1) is 10.7. The third-order valence-electron chi connectivity index (χ3n) is 3.59.